The number of carboxylic acids is 1. The van der Waals surface area contributed by atoms with E-state index in [0.29, 0.717) is 0 Å². The third kappa shape index (κ3) is 2.85. The smallest absolute Gasteiger partial charge is 0.328 e. The molecule has 0 aromatic carbocycles. The van der Waals surface area contributed by atoms with Crippen molar-refractivity contribution >= 4 is 12.0 Å². The highest BCUT2D eigenvalue weighted by Crippen LogP contribution is 2.34. The number of amides is 2. The summed E-state index contributed by atoms with van der Waals surface area (Å²) < 4.78 is 0. The van der Waals surface area contributed by atoms with Gasteiger partial charge in [-0.1, -0.05) is 6.92 Å². The lowest BCUT2D eigenvalue weighted by Gasteiger charge is -2.42. The van der Waals surface area contributed by atoms with Gasteiger partial charge in [0.2, 0.25) is 0 Å². The monoisotopic (exact) mass is 230 g/mol. The van der Waals surface area contributed by atoms with Gasteiger partial charge in [0.15, 0.2) is 6.04 Å². The van der Waals surface area contributed by atoms with E-state index in [1.807, 2.05) is 6.92 Å². The molecule has 0 bridgehead atoms. The highest BCUT2D eigenvalue weighted by atomic mass is 16.4. The van der Waals surface area contributed by atoms with Gasteiger partial charge >= 0.3 is 12.0 Å². The number of hydrogen-bond donors (Lipinski definition) is 4. The highest BCUT2D eigenvalue weighted by Gasteiger charge is 2.37. The van der Waals surface area contributed by atoms with Crippen molar-refractivity contribution in [3.05, 3.63) is 0 Å². The minimum Gasteiger partial charge on any atom is -0.480 e. The zero-order chi connectivity index (χ0) is 12.2. The Labute approximate surface area is 94.0 Å². The Hall–Kier alpha value is -1.30. The van der Waals surface area contributed by atoms with E-state index in [1.165, 1.54) is 0 Å². The summed E-state index contributed by atoms with van der Waals surface area (Å²) in [5.74, 6) is -1.24. The zero-order valence-corrected chi connectivity index (χ0v) is 9.32. The van der Waals surface area contributed by atoms with E-state index >= 15 is 0 Å². The van der Waals surface area contributed by atoms with E-state index in [1.54, 1.807) is 0 Å². The van der Waals surface area contributed by atoms with Gasteiger partial charge in [-0.2, -0.15) is 0 Å². The Bertz CT molecular complexity index is 270. The minimum atomic E-state index is -1.24. The van der Waals surface area contributed by atoms with Gasteiger partial charge in [0, 0.05) is 5.54 Å². The molecule has 0 aliphatic heterocycles. The number of aliphatic hydroxyl groups excluding tert-OH is 1. The molecule has 0 spiro atoms. The van der Waals surface area contributed by atoms with Crippen LogP contribution in [0.15, 0.2) is 0 Å². The van der Waals surface area contributed by atoms with E-state index in [0.717, 1.165) is 25.7 Å². The summed E-state index contributed by atoms with van der Waals surface area (Å²) in [6.45, 7) is 1.38. The van der Waals surface area contributed by atoms with Crippen LogP contribution in [-0.2, 0) is 4.79 Å². The van der Waals surface area contributed by atoms with Crippen molar-refractivity contribution in [1.82, 2.24) is 10.6 Å². The van der Waals surface area contributed by atoms with Gasteiger partial charge in [-0.3, -0.25) is 0 Å². The molecular weight excluding hydrogens is 212 g/mol. The number of nitrogens with one attached hydrogen (secondary N) is 2. The number of carboxylic acid groups (broad SMARTS) is 1. The first-order valence-electron chi connectivity index (χ1n) is 5.45. The van der Waals surface area contributed by atoms with Crippen molar-refractivity contribution in [2.24, 2.45) is 0 Å². The molecular formula is C10H18N2O4. The average molecular weight is 230 g/mol. The summed E-state index contributed by atoms with van der Waals surface area (Å²) in [7, 11) is 0. The van der Waals surface area contributed by atoms with Crippen molar-refractivity contribution in [1.29, 1.82) is 0 Å². The first kappa shape index (κ1) is 12.8. The van der Waals surface area contributed by atoms with E-state index in [2.05, 4.69) is 10.6 Å². The molecule has 6 nitrogen and oxygen atoms in total. The molecule has 0 saturated heterocycles. The normalized spacial score (nSPS) is 19.4. The van der Waals surface area contributed by atoms with Gasteiger partial charge in [-0.25, -0.2) is 9.59 Å². The van der Waals surface area contributed by atoms with Crippen molar-refractivity contribution < 1.29 is 19.8 Å². The van der Waals surface area contributed by atoms with Crippen LogP contribution in [0.5, 0.6) is 0 Å². The van der Waals surface area contributed by atoms with Crippen LogP contribution in [0.25, 0.3) is 0 Å². The van der Waals surface area contributed by atoms with E-state index in [9.17, 15) is 9.59 Å². The molecule has 4 N–H and O–H groups in total. The van der Waals surface area contributed by atoms with Gasteiger partial charge in [-0.05, 0) is 25.7 Å². The topological polar surface area (TPSA) is 98.7 Å². The van der Waals surface area contributed by atoms with E-state index < -0.39 is 24.6 Å². The number of carbonyl (C=O) groups is 2. The highest BCUT2D eigenvalue weighted by molar-refractivity contribution is 5.83. The van der Waals surface area contributed by atoms with E-state index in [4.69, 9.17) is 10.2 Å². The lowest BCUT2D eigenvalue weighted by Crippen LogP contribution is -2.58. The van der Waals surface area contributed by atoms with Gasteiger partial charge in [0.25, 0.3) is 0 Å². The molecule has 1 fully saturated rings. The fraction of sp³-hybridized carbons (Fsp3) is 0.800. The SMILES string of the molecule is CCC1(NC(=O)N[C@H](CO)C(=O)O)CCC1. The molecule has 6 heteroatoms. The Morgan fingerprint density at radius 3 is 2.38 bits per heavy atom. The van der Waals surface area contributed by atoms with Crippen LogP contribution < -0.4 is 10.6 Å². The predicted octanol–water partition coefficient (Wildman–Crippen LogP) is 0.0638. The van der Waals surface area contributed by atoms with Gasteiger partial charge in [0.1, 0.15) is 0 Å². The number of carbonyl (C=O) groups excluding carboxylic acids is 1. The number of rotatable bonds is 5. The summed E-state index contributed by atoms with van der Waals surface area (Å²) in [5, 5.41) is 22.4. The molecule has 1 aliphatic rings. The van der Waals surface area contributed by atoms with E-state index in [-0.39, 0.29) is 5.54 Å². The predicted molar refractivity (Wildman–Crippen MR) is 57.1 cm³/mol. The number of hydrogen-bond acceptors (Lipinski definition) is 3. The quantitative estimate of drug-likeness (QED) is 0.537. The Morgan fingerprint density at radius 1 is 1.44 bits per heavy atom. The van der Waals surface area contributed by atoms with Gasteiger partial charge in [0.05, 0.1) is 6.61 Å². The second-order valence-corrected chi connectivity index (χ2v) is 4.16. The fourth-order valence-corrected chi connectivity index (χ4v) is 1.79. The molecule has 92 valence electrons. The maximum Gasteiger partial charge on any atom is 0.328 e. The molecule has 0 aromatic heterocycles. The standard InChI is InChI=1S/C10H18N2O4/c1-2-10(4-3-5-10)12-9(16)11-7(6-13)8(14)15/h7,13H,2-6H2,1H3,(H,14,15)(H2,11,12,16)/t7-/m1/s1. The van der Waals surface area contributed by atoms with Gasteiger partial charge < -0.3 is 20.8 Å². The lowest BCUT2D eigenvalue weighted by atomic mass is 9.75. The third-order valence-corrected chi connectivity index (χ3v) is 3.15. The number of aliphatic carboxylic acids is 1. The van der Waals surface area contributed by atoms with Crippen LogP contribution in [0.3, 0.4) is 0 Å². The van der Waals surface area contributed by atoms with Crippen molar-refractivity contribution in [2.75, 3.05) is 6.61 Å². The maximum absolute atomic E-state index is 11.5. The van der Waals surface area contributed by atoms with Crippen molar-refractivity contribution in [2.45, 2.75) is 44.2 Å². The molecule has 0 radical (unpaired) electrons. The second-order valence-electron chi connectivity index (χ2n) is 4.16. The van der Waals surface area contributed by atoms with Crippen molar-refractivity contribution in [3.63, 3.8) is 0 Å². The van der Waals surface area contributed by atoms with Crippen LogP contribution in [0, 0.1) is 0 Å². The summed E-state index contributed by atoms with van der Waals surface area (Å²) in [4.78, 5) is 22.1. The summed E-state index contributed by atoms with van der Waals surface area (Å²) >= 11 is 0. The Balaban J connectivity index is 2.43. The third-order valence-electron chi connectivity index (χ3n) is 3.15. The number of urea groups is 1. The van der Waals surface area contributed by atoms with Gasteiger partial charge in [-0.15, -0.1) is 0 Å². The molecule has 1 saturated carbocycles. The number of aliphatic hydroxyl groups is 1. The summed E-state index contributed by atoms with van der Waals surface area (Å²) in [6, 6.07) is -1.77. The molecule has 1 aliphatic carbocycles. The first-order valence-corrected chi connectivity index (χ1v) is 5.45. The molecule has 1 atom stereocenters. The second kappa shape index (κ2) is 5.16. The Morgan fingerprint density at radius 2 is 2.06 bits per heavy atom. The maximum atomic E-state index is 11.5. The van der Waals surface area contributed by atoms with Crippen molar-refractivity contribution in [3.8, 4) is 0 Å². The molecule has 16 heavy (non-hydrogen) atoms. The molecule has 0 heterocycles. The average Bonchev–Trinajstić information content (AvgIpc) is 2.19. The van der Waals surface area contributed by atoms with Crippen LogP contribution in [0.4, 0.5) is 4.79 Å². The van der Waals surface area contributed by atoms with Crippen LogP contribution in [0.1, 0.15) is 32.6 Å². The van der Waals surface area contributed by atoms with Crippen LogP contribution >= 0.6 is 0 Å². The van der Waals surface area contributed by atoms with Crippen LogP contribution in [0.2, 0.25) is 0 Å². The molecule has 2 amide bonds. The lowest BCUT2D eigenvalue weighted by molar-refractivity contribution is -0.140. The molecule has 0 aromatic rings. The Kier molecular flexibility index (Phi) is 4.12. The summed E-state index contributed by atoms with van der Waals surface area (Å²) in [5.41, 5.74) is -0.178. The minimum absolute atomic E-state index is 0.178. The molecule has 0 unspecified atom stereocenters. The fourth-order valence-electron chi connectivity index (χ4n) is 1.79. The largest absolute Gasteiger partial charge is 0.480 e. The summed E-state index contributed by atoms with van der Waals surface area (Å²) in [6.07, 6.45) is 3.76. The van der Waals surface area contributed by atoms with Crippen LogP contribution in [-0.4, -0.2) is 40.4 Å². The molecule has 1 rings (SSSR count). The first-order chi connectivity index (χ1) is 7.53. The zero-order valence-electron chi connectivity index (χ0n) is 9.32.